The molecule has 2 aromatic rings. The molecule has 0 spiro atoms. The van der Waals surface area contributed by atoms with E-state index in [4.69, 9.17) is 10.2 Å². The molecule has 4 heteroatoms. The Balaban J connectivity index is 0.000000181. The average molecular weight is 232 g/mol. The number of para-hydroxylation sites is 3. The topological polar surface area (TPSA) is 66.8 Å². The van der Waals surface area contributed by atoms with E-state index in [-0.39, 0.29) is 18.0 Å². The van der Waals surface area contributed by atoms with Crippen LogP contribution in [-0.4, -0.2) is 16.7 Å². The molecule has 0 aromatic heterocycles. The minimum atomic E-state index is -0.0328. The number of carbonyl (C=O) groups is 1. The van der Waals surface area contributed by atoms with Crippen LogP contribution in [0.1, 0.15) is 0 Å². The molecule has 2 rings (SSSR count). The molecular formula is C13H12O4. The van der Waals surface area contributed by atoms with Crippen LogP contribution in [0.25, 0.3) is 0 Å². The van der Waals surface area contributed by atoms with Crippen LogP contribution >= 0.6 is 0 Å². The Kier molecular flexibility index (Phi) is 5.10. The summed E-state index contributed by atoms with van der Waals surface area (Å²) in [5, 5.41) is 17.6. The van der Waals surface area contributed by atoms with Crippen LogP contribution in [0.5, 0.6) is 17.2 Å². The molecule has 0 heterocycles. The van der Waals surface area contributed by atoms with Crippen LogP contribution in [-0.2, 0) is 4.79 Å². The number of carbonyl (C=O) groups excluding carboxylic acids is 1. The third kappa shape index (κ3) is 4.70. The first-order valence-corrected chi connectivity index (χ1v) is 4.86. The van der Waals surface area contributed by atoms with Crippen molar-refractivity contribution in [2.24, 2.45) is 0 Å². The predicted molar refractivity (Wildman–Crippen MR) is 62.9 cm³/mol. The molecule has 0 amide bonds. The van der Waals surface area contributed by atoms with E-state index >= 15 is 0 Å². The van der Waals surface area contributed by atoms with Gasteiger partial charge in [-0.05, 0) is 24.3 Å². The zero-order valence-electron chi connectivity index (χ0n) is 8.98. The van der Waals surface area contributed by atoms with Gasteiger partial charge >= 0.3 is 0 Å². The van der Waals surface area contributed by atoms with Gasteiger partial charge in [0.05, 0.1) is 0 Å². The lowest BCUT2D eigenvalue weighted by atomic mass is 10.3. The van der Waals surface area contributed by atoms with Gasteiger partial charge in [-0.3, -0.25) is 4.79 Å². The Morgan fingerprint density at radius 1 is 0.882 bits per heavy atom. The van der Waals surface area contributed by atoms with Crippen molar-refractivity contribution in [2.45, 2.75) is 0 Å². The highest BCUT2D eigenvalue weighted by Crippen LogP contribution is 2.23. The first-order chi connectivity index (χ1) is 8.24. The Bertz CT molecular complexity index is 454. The summed E-state index contributed by atoms with van der Waals surface area (Å²) in [7, 11) is 0. The molecular weight excluding hydrogens is 220 g/mol. The van der Waals surface area contributed by atoms with Crippen molar-refractivity contribution in [3.8, 4) is 17.2 Å². The zero-order valence-corrected chi connectivity index (χ0v) is 8.98. The van der Waals surface area contributed by atoms with Gasteiger partial charge in [0.25, 0.3) is 6.47 Å². The van der Waals surface area contributed by atoms with Crippen molar-refractivity contribution in [3.63, 3.8) is 0 Å². The summed E-state index contributed by atoms with van der Waals surface area (Å²) in [6.07, 6.45) is 0. The zero-order chi connectivity index (χ0) is 12.5. The van der Waals surface area contributed by atoms with Crippen molar-refractivity contribution in [2.75, 3.05) is 0 Å². The molecule has 0 saturated carbocycles. The molecule has 0 unspecified atom stereocenters. The highest BCUT2D eigenvalue weighted by Gasteiger charge is 1.96. The Hall–Kier alpha value is -2.49. The quantitative estimate of drug-likeness (QED) is 0.780. The smallest absolute Gasteiger partial charge is 0.298 e. The molecule has 0 aliphatic heterocycles. The van der Waals surface area contributed by atoms with Gasteiger partial charge in [0.15, 0.2) is 11.5 Å². The summed E-state index contributed by atoms with van der Waals surface area (Å²) in [6.45, 7) is 0.273. The number of phenolic OH excluding ortho intramolecular Hbond substituents is 2. The number of ether oxygens (including phenoxy) is 1. The van der Waals surface area contributed by atoms with Crippen LogP contribution < -0.4 is 4.74 Å². The van der Waals surface area contributed by atoms with E-state index in [1.807, 2.05) is 6.07 Å². The van der Waals surface area contributed by atoms with Gasteiger partial charge < -0.3 is 14.9 Å². The molecule has 88 valence electrons. The second-order valence-corrected chi connectivity index (χ2v) is 3.02. The lowest BCUT2D eigenvalue weighted by Crippen LogP contribution is -1.87. The monoisotopic (exact) mass is 232 g/mol. The summed E-state index contributed by atoms with van der Waals surface area (Å²) in [4.78, 5) is 9.79. The number of hydrogen-bond donors (Lipinski definition) is 2. The fourth-order valence-electron chi connectivity index (χ4n) is 1.04. The second kappa shape index (κ2) is 6.90. The molecule has 0 aliphatic carbocycles. The standard InChI is InChI=1S/C7H6O3.C6H6O/c8-5-10-7-4-2-1-3-6(7)9;7-6-4-2-1-3-5-6/h1-5,9H;1-5,7H. The summed E-state index contributed by atoms with van der Waals surface area (Å²) < 4.78 is 4.41. The van der Waals surface area contributed by atoms with E-state index in [1.54, 1.807) is 36.4 Å². The summed E-state index contributed by atoms with van der Waals surface area (Å²) in [5.74, 6) is 0.467. The first-order valence-electron chi connectivity index (χ1n) is 4.86. The number of rotatable bonds is 2. The predicted octanol–water partition coefficient (Wildman–Crippen LogP) is 2.32. The highest BCUT2D eigenvalue weighted by molar-refractivity contribution is 5.49. The summed E-state index contributed by atoms with van der Waals surface area (Å²) in [6, 6.07) is 15.0. The van der Waals surface area contributed by atoms with Crippen LogP contribution in [0, 0.1) is 0 Å². The maximum atomic E-state index is 9.79. The highest BCUT2D eigenvalue weighted by atomic mass is 16.5. The molecule has 17 heavy (non-hydrogen) atoms. The molecule has 0 bridgehead atoms. The van der Waals surface area contributed by atoms with E-state index in [9.17, 15) is 4.79 Å². The van der Waals surface area contributed by atoms with E-state index < -0.39 is 0 Å². The second-order valence-electron chi connectivity index (χ2n) is 3.02. The fraction of sp³-hybridized carbons (Fsp3) is 0. The maximum absolute atomic E-state index is 9.79. The fourth-order valence-corrected chi connectivity index (χ4v) is 1.04. The maximum Gasteiger partial charge on any atom is 0.298 e. The third-order valence-electron chi connectivity index (χ3n) is 1.80. The van der Waals surface area contributed by atoms with Crippen molar-refractivity contribution < 1.29 is 19.7 Å². The molecule has 0 atom stereocenters. The summed E-state index contributed by atoms with van der Waals surface area (Å²) >= 11 is 0. The molecule has 0 aliphatic rings. The SMILES string of the molecule is O=COc1ccccc1O.Oc1ccccc1. The van der Waals surface area contributed by atoms with Crippen LogP contribution in [0.2, 0.25) is 0 Å². The minimum absolute atomic E-state index is 0.0328. The van der Waals surface area contributed by atoms with Gasteiger partial charge in [0, 0.05) is 0 Å². The average Bonchev–Trinajstić information content (AvgIpc) is 2.34. The van der Waals surface area contributed by atoms with Crippen molar-refractivity contribution >= 4 is 6.47 Å². The van der Waals surface area contributed by atoms with Crippen molar-refractivity contribution in [1.29, 1.82) is 0 Å². The van der Waals surface area contributed by atoms with E-state index in [0.717, 1.165) is 0 Å². The number of phenols is 2. The molecule has 0 radical (unpaired) electrons. The van der Waals surface area contributed by atoms with Gasteiger partial charge in [0.2, 0.25) is 0 Å². The van der Waals surface area contributed by atoms with Gasteiger partial charge in [0.1, 0.15) is 5.75 Å². The molecule has 4 nitrogen and oxygen atoms in total. The third-order valence-corrected chi connectivity index (χ3v) is 1.80. The van der Waals surface area contributed by atoms with Crippen LogP contribution in [0.15, 0.2) is 54.6 Å². The van der Waals surface area contributed by atoms with Gasteiger partial charge in [-0.25, -0.2) is 0 Å². The van der Waals surface area contributed by atoms with E-state index in [1.165, 1.54) is 12.1 Å². The normalized spacial score (nSPS) is 8.71. The van der Waals surface area contributed by atoms with E-state index in [2.05, 4.69) is 4.74 Å². The van der Waals surface area contributed by atoms with Crippen LogP contribution in [0.3, 0.4) is 0 Å². The molecule has 2 aromatic carbocycles. The van der Waals surface area contributed by atoms with E-state index in [0.29, 0.717) is 5.75 Å². The lowest BCUT2D eigenvalue weighted by Gasteiger charge is -1.97. The van der Waals surface area contributed by atoms with Gasteiger partial charge in [-0.2, -0.15) is 0 Å². The van der Waals surface area contributed by atoms with Gasteiger partial charge in [-0.15, -0.1) is 0 Å². The Labute approximate surface area is 98.7 Å². The lowest BCUT2D eigenvalue weighted by molar-refractivity contribution is -0.120. The number of aromatic hydroxyl groups is 2. The first kappa shape index (κ1) is 12.6. The molecule has 2 N–H and O–H groups in total. The molecule has 0 fully saturated rings. The number of hydrogen-bond acceptors (Lipinski definition) is 4. The van der Waals surface area contributed by atoms with Crippen LogP contribution in [0.4, 0.5) is 0 Å². The minimum Gasteiger partial charge on any atom is -0.508 e. The molecule has 0 saturated heterocycles. The van der Waals surface area contributed by atoms with Crippen molar-refractivity contribution in [1.82, 2.24) is 0 Å². The number of benzene rings is 2. The Morgan fingerprint density at radius 2 is 1.47 bits per heavy atom. The Morgan fingerprint density at radius 3 is 1.94 bits per heavy atom. The summed E-state index contributed by atoms with van der Waals surface area (Å²) in [5.41, 5.74) is 0. The van der Waals surface area contributed by atoms with Crippen molar-refractivity contribution in [3.05, 3.63) is 54.6 Å². The van der Waals surface area contributed by atoms with Gasteiger partial charge in [-0.1, -0.05) is 30.3 Å². The largest absolute Gasteiger partial charge is 0.508 e.